The number of hydrogen-bond donors (Lipinski definition) is 1. The monoisotopic (exact) mass is 358 g/mol. The summed E-state index contributed by atoms with van der Waals surface area (Å²) in [5.74, 6) is 1.18. The number of amides is 2. The Morgan fingerprint density at radius 2 is 2.08 bits per heavy atom. The third kappa shape index (κ3) is 4.15. The smallest absolute Gasteiger partial charge is 0.410 e. The number of ether oxygens (including phenoxy) is 1. The fraction of sp³-hybridized carbons (Fsp3) is 0.526. The number of nitrogens with zero attached hydrogens (tertiary/aromatic N) is 3. The van der Waals surface area contributed by atoms with Crippen molar-refractivity contribution in [3.8, 4) is 0 Å². The van der Waals surface area contributed by atoms with E-state index in [1.807, 2.05) is 49.6 Å². The first-order chi connectivity index (χ1) is 12.3. The Morgan fingerprint density at radius 1 is 1.35 bits per heavy atom. The van der Waals surface area contributed by atoms with Crippen molar-refractivity contribution in [2.75, 3.05) is 20.1 Å². The SMILES string of the molecule is CN(CCNC(=O)c1nc(C2CC2)n2ccccc12)C(=O)OC(C)(C)C. The molecule has 3 rings (SSSR count). The molecule has 1 fully saturated rings. The lowest BCUT2D eigenvalue weighted by molar-refractivity contribution is 0.0299. The van der Waals surface area contributed by atoms with Gasteiger partial charge in [-0.1, -0.05) is 6.07 Å². The Balaban J connectivity index is 1.61. The molecule has 1 aliphatic carbocycles. The van der Waals surface area contributed by atoms with Crippen LogP contribution in [0.5, 0.6) is 0 Å². The largest absolute Gasteiger partial charge is 0.444 e. The molecule has 7 nitrogen and oxygen atoms in total. The molecule has 0 saturated heterocycles. The second kappa shape index (κ2) is 6.97. The summed E-state index contributed by atoms with van der Waals surface area (Å²) in [4.78, 5) is 30.5. The molecule has 1 N–H and O–H groups in total. The molecule has 1 aliphatic rings. The predicted molar refractivity (Wildman–Crippen MR) is 98.4 cm³/mol. The number of fused-ring (bicyclic) bond motifs is 1. The van der Waals surface area contributed by atoms with E-state index in [1.165, 1.54) is 4.90 Å². The Hall–Kier alpha value is -2.57. The lowest BCUT2D eigenvalue weighted by Gasteiger charge is -2.24. The van der Waals surface area contributed by atoms with Gasteiger partial charge in [0.25, 0.3) is 5.91 Å². The highest BCUT2D eigenvalue weighted by Crippen LogP contribution is 2.39. The van der Waals surface area contributed by atoms with Gasteiger partial charge in [0, 0.05) is 32.3 Å². The van der Waals surface area contributed by atoms with Crippen LogP contribution in [0.25, 0.3) is 5.52 Å². The van der Waals surface area contributed by atoms with Gasteiger partial charge in [0.1, 0.15) is 11.4 Å². The van der Waals surface area contributed by atoms with E-state index in [0.29, 0.717) is 24.7 Å². The van der Waals surface area contributed by atoms with Crippen LogP contribution in [0, 0.1) is 0 Å². The quantitative estimate of drug-likeness (QED) is 0.892. The molecule has 0 aliphatic heterocycles. The summed E-state index contributed by atoms with van der Waals surface area (Å²) < 4.78 is 7.29. The second-order valence-electron chi connectivity index (χ2n) is 7.71. The summed E-state index contributed by atoms with van der Waals surface area (Å²) >= 11 is 0. The molecule has 0 unspecified atom stereocenters. The van der Waals surface area contributed by atoms with E-state index < -0.39 is 11.7 Å². The predicted octanol–water partition coefficient (Wildman–Crippen LogP) is 2.81. The molecule has 0 spiro atoms. The summed E-state index contributed by atoms with van der Waals surface area (Å²) in [6.07, 6.45) is 3.78. The zero-order chi connectivity index (χ0) is 18.9. The van der Waals surface area contributed by atoms with Crippen molar-refractivity contribution in [3.63, 3.8) is 0 Å². The first kappa shape index (κ1) is 18.2. The molecule has 26 heavy (non-hydrogen) atoms. The molecule has 140 valence electrons. The molecular weight excluding hydrogens is 332 g/mol. The second-order valence-corrected chi connectivity index (χ2v) is 7.71. The van der Waals surface area contributed by atoms with E-state index in [1.54, 1.807) is 7.05 Å². The first-order valence-corrected chi connectivity index (χ1v) is 8.95. The highest BCUT2D eigenvalue weighted by molar-refractivity contribution is 5.99. The van der Waals surface area contributed by atoms with Crippen LogP contribution in [0.3, 0.4) is 0 Å². The van der Waals surface area contributed by atoms with Crippen LogP contribution >= 0.6 is 0 Å². The fourth-order valence-electron chi connectivity index (χ4n) is 2.71. The van der Waals surface area contributed by atoms with Crippen molar-refractivity contribution in [3.05, 3.63) is 35.9 Å². The molecule has 1 saturated carbocycles. The maximum absolute atomic E-state index is 12.6. The van der Waals surface area contributed by atoms with Crippen LogP contribution in [-0.2, 0) is 4.74 Å². The number of carbonyl (C=O) groups excluding carboxylic acids is 2. The van der Waals surface area contributed by atoms with Crippen LogP contribution in [0.1, 0.15) is 55.8 Å². The zero-order valence-electron chi connectivity index (χ0n) is 15.8. The molecule has 2 aromatic heterocycles. The summed E-state index contributed by atoms with van der Waals surface area (Å²) in [5.41, 5.74) is 0.711. The minimum atomic E-state index is -0.539. The average Bonchev–Trinajstić information content (AvgIpc) is 3.33. The summed E-state index contributed by atoms with van der Waals surface area (Å²) in [6, 6.07) is 5.75. The Labute approximate surface area is 153 Å². The van der Waals surface area contributed by atoms with E-state index in [-0.39, 0.29) is 5.91 Å². The van der Waals surface area contributed by atoms with E-state index in [0.717, 1.165) is 24.2 Å². The van der Waals surface area contributed by atoms with Crippen molar-refractivity contribution in [1.29, 1.82) is 0 Å². The number of likely N-dealkylation sites (N-methyl/N-ethyl adjacent to an activating group) is 1. The molecular formula is C19H26N4O3. The van der Waals surface area contributed by atoms with Crippen LogP contribution in [0.2, 0.25) is 0 Å². The maximum Gasteiger partial charge on any atom is 0.410 e. The van der Waals surface area contributed by atoms with Gasteiger partial charge in [0.15, 0.2) is 5.69 Å². The van der Waals surface area contributed by atoms with Gasteiger partial charge in [-0.2, -0.15) is 0 Å². The number of imidazole rings is 1. The number of carbonyl (C=O) groups is 2. The van der Waals surface area contributed by atoms with Gasteiger partial charge >= 0.3 is 6.09 Å². The van der Waals surface area contributed by atoms with E-state index in [2.05, 4.69) is 10.3 Å². The fourth-order valence-corrected chi connectivity index (χ4v) is 2.71. The van der Waals surface area contributed by atoms with Crippen LogP contribution in [-0.4, -0.2) is 52.0 Å². The molecule has 7 heteroatoms. The minimum absolute atomic E-state index is 0.224. The highest BCUT2D eigenvalue weighted by atomic mass is 16.6. The van der Waals surface area contributed by atoms with Crippen LogP contribution < -0.4 is 5.32 Å². The lowest BCUT2D eigenvalue weighted by atomic mass is 10.2. The molecule has 0 aromatic carbocycles. The van der Waals surface area contributed by atoms with Gasteiger partial charge in [-0.25, -0.2) is 9.78 Å². The van der Waals surface area contributed by atoms with Gasteiger partial charge < -0.3 is 19.4 Å². The van der Waals surface area contributed by atoms with Crippen molar-refractivity contribution in [2.24, 2.45) is 0 Å². The van der Waals surface area contributed by atoms with Crippen molar-refractivity contribution in [1.82, 2.24) is 19.6 Å². The van der Waals surface area contributed by atoms with Gasteiger partial charge in [0.05, 0.1) is 5.52 Å². The number of nitrogens with one attached hydrogen (secondary N) is 1. The number of hydrogen-bond acceptors (Lipinski definition) is 4. The lowest BCUT2D eigenvalue weighted by Crippen LogP contribution is -2.39. The molecule has 2 amide bonds. The van der Waals surface area contributed by atoms with Gasteiger partial charge in [-0.05, 0) is 45.7 Å². The van der Waals surface area contributed by atoms with Crippen molar-refractivity contribution in [2.45, 2.75) is 45.1 Å². The van der Waals surface area contributed by atoms with Crippen LogP contribution in [0.15, 0.2) is 24.4 Å². The normalized spacial score (nSPS) is 14.3. The van der Waals surface area contributed by atoms with Crippen molar-refractivity contribution < 1.29 is 14.3 Å². The maximum atomic E-state index is 12.6. The first-order valence-electron chi connectivity index (χ1n) is 8.95. The number of aromatic nitrogens is 2. The minimum Gasteiger partial charge on any atom is -0.444 e. The molecule has 2 heterocycles. The third-order valence-corrected chi connectivity index (χ3v) is 4.17. The van der Waals surface area contributed by atoms with Crippen LogP contribution in [0.4, 0.5) is 4.79 Å². The third-order valence-electron chi connectivity index (χ3n) is 4.17. The Bertz CT molecular complexity index is 818. The number of rotatable bonds is 5. The standard InChI is InChI=1S/C19H26N4O3/c1-19(2,3)26-18(25)22(4)12-10-20-17(24)15-14-7-5-6-11-23(14)16(21-15)13-8-9-13/h5-7,11,13H,8-10,12H2,1-4H3,(H,20,24). The Morgan fingerprint density at radius 3 is 2.73 bits per heavy atom. The number of pyridine rings is 1. The van der Waals surface area contributed by atoms with Gasteiger partial charge in [-0.15, -0.1) is 0 Å². The van der Waals surface area contributed by atoms with Gasteiger partial charge in [0.2, 0.25) is 0 Å². The summed E-state index contributed by atoms with van der Waals surface area (Å²) in [6.45, 7) is 6.16. The van der Waals surface area contributed by atoms with E-state index >= 15 is 0 Å². The summed E-state index contributed by atoms with van der Waals surface area (Å²) in [5, 5.41) is 2.85. The highest BCUT2D eigenvalue weighted by Gasteiger charge is 2.30. The zero-order valence-corrected chi connectivity index (χ0v) is 15.8. The van der Waals surface area contributed by atoms with Crippen molar-refractivity contribution >= 4 is 17.5 Å². The Kier molecular flexibility index (Phi) is 4.89. The molecule has 2 aromatic rings. The van der Waals surface area contributed by atoms with E-state index in [9.17, 15) is 9.59 Å². The molecule has 0 atom stereocenters. The van der Waals surface area contributed by atoms with E-state index in [4.69, 9.17) is 4.74 Å². The topological polar surface area (TPSA) is 75.9 Å². The summed E-state index contributed by atoms with van der Waals surface area (Å²) in [7, 11) is 1.65. The van der Waals surface area contributed by atoms with Gasteiger partial charge in [-0.3, -0.25) is 4.79 Å². The average molecular weight is 358 g/mol. The molecule has 0 radical (unpaired) electrons. The molecule has 0 bridgehead atoms.